The third kappa shape index (κ3) is 4.13. The quantitative estimate of drug-likeness (QED) is 0.832. The molecule has 2 heterocycles. The van der Waals surface area contributed by atoms with Crippen LogP contribution in [0.1, 0.15) is 25.8 Å². The predicted molar refractivity (Wildman–Crippen MR) is 74.0 cm³/mol. The maximum absolute atomic E-state index is 11.7. The van der Waals surface area contributed by atoms with Gasteiger partial charge >= 0.3 is 0 Å². The van der Waals surface area contributed by atoms with Gasteiger partial charge in [-0.05, 0) is 23.7 Å². The molecule has 0 bridgehead atoms. The summed E-state index contributed by atoms with van der Waals surface area (Å²) < 4.78 is 3.64. The fourth-order valence-corrected chi connectivity index (χ4v) is 2.52. The van der Waals surface area contributed by atoms with Crippen LogP contribution in [0.5, 0.6) is 0 Å². The number of aromatic nitrogens is 2. The van der Waals surface area contributed by atoms with Crippen LogP contribution in [0.15, 0.2) is 18.3 Å². The number of rotatable bonds is 4. The van der Waals surface area contributed by atoms with Crippen molar-refractivity contribution in [2.24, 2.45) is 0 Å². The molecule has 0 fully saturated rings. The van der Waals surface area contributed by atoms with E-state index in [4.69, 9.17) is 5.11 Å². The van der Waals surface area contributed by atoms with Crippen molar-refractivity contribution >= 4 is 28.8 Å². The van der Waals surface area contributed by atoms with Crippen molar-refractivity contribution in [2.45, 2.75) is 13.0 Å². The van der Waals surface area contributed by atoms with Crippen LogP contribution in [0, 0.1) is 11.8 Å². The summed E-state index contributed by atoms with van der Waals surface area (Å²) in [6, 6.07) is 3.84. The number of carbonyl (C=O) groups is 1. The first-order valence-corrected chi connectivity index (χ1v) is 7.12. The minimum atomic E-state index is -0.170. The Balaban J connectivity index is 1.87. The molecule has 2 N–H and O–H groups in total. The van der Waals surface area contributed by atoms with E-state index in [0.29, 0.717) is 17.8 Å². The molecule has 0 saturated heterocycles. The zero-order chi connectivity index (χ0) is 13.5. The first-order chi connectivity index (χ1) is 9.29. The third-order valence-electron chi connectivity index (χ3n) is 2.12. The molecule has 19 heavy (non-hydrogen) atoms. The second kappa shape index (κ2) is 6.99. The molecule has 2 rings (SSSR count). The fourth-order valence-electron chi connectivity index (χ4n) is 1.27. The molecule has 5 nitrogen and oxygen atoms in total. The summed E-state index contributed by atoms with van der Waals surface area (Å²) in [6.45, 7) is 0.535. The van der Waals surface area contributed by atoms with E-state index in [2.05, 4.69) is 26.7 Å². The molecule has 1 amide bonds. The van der Waals surface area contributed by atoms with Crippen LogP contribution >= 0.6 is 22.9 Å². The number of carbonyl (C=O) groups excluding carboxylic acids is 1. The van der Waals surface area contributed by atoms with Gasteiger partial charge in [0.25, 0.3) is 5.91 Å². The molecule has 0 aliphatic rings. The normalized spacial score (nSPS) is 9.74. The molecular weight excluding hydrogens is 282 g/mol. The minimum Gasteiger partial charge on any atom is -0.395 e. The van der Waals surface area contributed by atoms with Gasteiger partial charge in [0.05, 0.1) is 24.2 Å². The summed E-state index contributed by atoms with van der Waals surface area (Å²) in [5.74, 6) is 5.65. The van der Waals surface area contributed by atoms with E-state index in [-0.39, 0.29) is 12.5 Å². The monoisotopic (exact) mass is 293 g/mol. The number of nitrogens with one attached hydrogen (secondary N) is 1. The standard InChI is InChI=1S/C12H11N3O2S2/c16-6-2-1-3-9-4-5-10(18-9)7-13-12(17)11-8-14-15-19-11/h4-5,8,16H,2,6-7H2,(H,13,17). The molecule has 98 valence electrons. The summed E-state index contributed by atoms with van der Waals surface area (Å²) in [7, 11) is 0. The van der Waals surface area contributed by atoms with E-state index in [1.54, 1.807) is 0 Å². The van der Waals surface area contributed by atoms with Crippen LogP contribution in [-0.4, -0.2) is 27.2 Å². The smallest absolute Gasteiger partial charge is 0.264 e. The topological polar surface area (TPSA) is 75.1 Å². The Bertz CT molecular complexity index is 596. The highest BCUT2D eigenvalue weighted by molar-refractivity contribution is 7.12. The number of hydrogen-bond donors (Lipinski definition) is 2. The highest BCUT2D eigenvalue weighted by Crippen LogP contribution is 2.15. The third-order valence-corrected chi connectivity index (χ3v) is 3.78. The molecule has 0 unspecified atom stereocenters. The fraction of sp³-hybridized carbons (Fsp3) is 0.250. The number of nitrogens with zero attached hydrogens (tertiary/aromatic N) is 2. The Morgan fingerprint density at radius 1 is 1.47 bits per heavy atom. The van der Waals surface area contributed by atoms with Crippen LogP contribution in [0.25, 0.3) is 0 Å². The lowest BCUT2D eigenvalue weighted by atomic mass is 10.4. The lowest BCUT2D eigenvalue weighted by molar-refractivity contribution is 0.0955. The second-order valence-corrected chi connectivity index (χ2v) is 5.46. The lowest BCUT2D eigenvalue weighted by Crippen LogP contribution is -2.21. The van der Waals surface area contributed by atoms with E-state index in [1.807, 2.05) is 12.1 Å². The number of hydrogen-bond acceptors (Lipinski definition) is 6. The van der Waals surface area contributed by atoms with Crippen LogP contribution in [0.3, 0.4) is 0 Å². The summed E-state index contributed by atoms with van der Waals surface area (Å²) in [6.07, 6.45) is 1.92. The summed E-state index contributed by atoms with van der Waals surface area (Å²) in [5.41, 5.74) is 0. The Labute approximate surface area is 118 Å². The number of aliphatic hydroxyl groups is 1. The molecule has 0 spiro atoms. The van der Waals surface area contributed by atoms with Gasteiger partial charge in [0.2, 0.25) is 0 Å². The van der Waals surface area contributed by atoms with Gasteiger partial charge in [0, 0.05) is 11.3 Å². The van der Waals surface area contributed by atoms with Gasteiger partial charge in [-0.15, -0.1) is 16.4 Å². The minimum absolute atomic E-state index is 0.0736. The SMILES string of the molecule is O=C(NCc1ccc(C#CCCO)s1)c1cnns1. The van der Waals surface area contributed by atoms with Gasteiger partial charge in [0.15, 0.2) is 0 Å². The highest BCUT2D eigenvalue weighted by Gasteiger charge is 2.08. The number of amides is 1. The average molecular weight is 293 g/mol. The Kier molecular flexibility index (Phi) is 5.03. The Morgan fingerprint density at radius 2 is 2.37 bits per heavy atom. The summed E-state index contributed by atoms with van der Waals surface area (Å²) >= 11 is 2.59. The molecule has 0 aromatic carbocycles. The molecule has 0 aliphatic carbocycles. The number of thiophene rings is 1. The van der Waals surface area contributed by atoms with Crippen molar-refractivity contribution in [1.82, 2.24) is 14.9 Å². The van der Waals surface area contributed by atoms with Gasteiger partial charge in [-0.1, -0.05) is 16.3 Å². The van der Waals surface area contributed by atoms with Crippen molar-refractivity contribution < 1.29 is 9.90 Å². The van der Waals surface area contributed by atoms with Gasteiger partial charge < -0.3 is 10.4 Å². The summed E-state index contributed by atoms with van der Waals surface area (Å²) in [5, 5.41) is 15.0. The van der Waals surface area contributed by atoms with Gasteiger partial charge in [0.1, 0.15) is 4.88 Å². The van der Waals surface area contributed by atoms with Crippen molar-refractivity contribution in [1.29, 1.82) is 0 Å². The second-order valence-electron chi connectivity index (χ2n) is 3.51. The molecule has 0 aliphatic heterocycles. The van der Waals surface area contributed by atoms with E-state index in [9.17, 15) is 4.79 Å². The average Bonchev–Trinajstić information content (AvgIpc) is 3.08. The van der Waals surface area contributed by atoms with E-state index < -0.39 is 0 Å². The van der Waals surface area contributed by atoms with Gasteiger partial charge in [-0.3, -0.25) is 4.79 Å². The zero-order valence-electron chi connectivity index (χ0n) is 9.92. The van der Waals surface area contributed by atoms with Crippen molar-refractivity contribution in [2.75, 3.05) is 6.61 Å². The largest absolute Gasteiger partial charge is 0.395 e. The van der Waals surface area contributed by atoms with Crippen molar-refractivity contribution in [3.05, 3.63) is 33.0 Å². The van der Waals surface area contributed by atoms with E-state index in [1.165, 1.54) is 17.5 Å². The molecule has 0 saturated carbocycles. The first kappa shape index (κ1) is 13.7. The lowest BCUT2D eigenvalue weighted by Gasteiger charge is -1.99. The van der Waals surface area contributed by atoms with Crippen molar-refractivity contribution in [3.8, 4) is 11.8 Å². The molecule has 0 radical (unpaired) electrons. The van der Waals surface area contributed by atoms with Crippen LogP contribution in [-0.2, 0) is 6.54 Å². The van der Waals surface area contributed by atoms with E-state index >= 15 is 0 Å². The maximum Gasteiger partial charge on any atom is 0.264 e. The molecule has 2 aromatic heterocycles. The van der Waals surface area contributed by atoms with Crippen LogP contribution in [0.4, 0.5) is 0 Å². The van der Waals surface area contributed by atoms with Crippen molar-refractivity contribution in [3.63, 3.8) is 0 Å². The summed E-state index contributed by atoms with van der Waals surface area (Å²) in [4.78, 5) is 14.1. The zero-order valence-corrected chi connectivity index (χ0v) is 11.6. The Hall–Kier alpha value is -1.75. The van der Waals surface area contributed by atoms with Gasteiger partial charge in [-0.25, -0.2) is 0 Å². The van der Waals surface area contributed by atoms with Crippen LogP contribution in [0.2, 0.25) is 0 Å². The predicted octanol–water partition coefficient (Wildman–Crippen LogP) is 1.26. The molecule has 2 aromatic rings. The highest BCUT2D eigenvalue weighted by atomic mass is 32.1. The Morgan fingerprint density at radius 3 is 3.11 bits per heavy atom. The van der Waals surface area contributed by atoms with Crippen LogP contribution < -0.4 is 5.32 Å². The van der Waals surface area contributed by atoms with Gasteiger partial charge in [-0.2, -0.15) is 0 Å². The van der Waals surface area contributed by atoms with E-state index in [0.717, 1.165) is 21.3 Å². The molecular formula is C12H11N3O2S2. The maximum atomic E-state index is 11.7. The number of aliphatic hydroxyl groups excluding tert-OH is 1. The molecule has 0 atom stereocenters. The first-order valence-electron chi connectivity index (χ1n) is 5.53. The molecule has 7 heteroatoms.